The SMILES string of the molecule is COc1ccc(-c2ccccc2-c2ncc(C)cn2)cc1. The fraction of sp³-hybridized carbons (Fsp3) is 0.111. The smallest absolute Gasteiger partial charge is 0.159 e. The van der Waals surface area contributed by atoms with E-state index in [0.717, 1.165) is 33.8 Å². The van der Waals surface area contributed by atoms with E-state index < -0.39 is 0 Å². The van der Waals surface area contributed by atoms with E-state index in [1.165, 1.54) is 0 Å². The fourth-order valence-corrected chi connectivity index (χ4v) is 2.23. The molecule has 0 fully saturated rings. The van der Waals surface area contributed by atoms with Gasteiger partial charge in [0.2, 0.25) is 0 Å². The number of methoxy groups -OCH3 is 1. The zero-order valence-electron chi connectivity index (χ0n) is 12.1. The Kier molecular flexibility index (Phi) is 3.65. The lowest BCUT2D eigenvalue weighted by molar-refractivity contribution is 0.415. The maximum absolute atomic E-state index is 5.21. The van der Waals surface area contributed by atoms with Crippen molar-refractivity contribution in [3.8, 4) is 28.3 Å². The largest absolute Gasteiger partial charge is 0.497 e. The van der Waals surface area contributed by atoms with E-state index in [1.54, 1.807) is 7.11 Å². The summed E-state index contributed by atoms with van der Waals surface area (Å²) in [6.45, 7) is 1.99. The zero-order valence-corrected chi connectivity index (χ0v) is 12.1. The van der Waals surface area contributed by atoms with Crippen LogP contribution in [-0.4, -0.2) is 17.1 Å². The lowest BCUT2D eigenvalue weighted by Gasteiger charge is -2.09. The third kappa shape index (κ3) is 2.77. The van der Waals surface area contributed by atoms with Crippen LogP contribution in [0, 0.1) is 6.92 Å². The quantitative estimate of drug-likeness (QED) is 0.721. The predicted molar refractivity (Wildman–Crippen MR) is 84.2 cm³/mol. The van der Waals surface area contributed by atoms with Crippen molar-refractivity contribution in [1.29, 1.82) is 0 Å². The molecule has 0 N–H and O–H groups in total. The number of hydrogen-bond acceptors (Lipinski definition) is 3. The number of ether oxygens (including phenoxy) is 1. The van der Waals surface area contributed by atoms with Crippen molar-refractivity contribution in [1.82, 2.24) is 9.97 Å². The molecule has 0 saturated heterocycles. The van der Waals surface area contributed by atoms with Crippen LogP contribution in [0.3, 0.4) is 0 Å². The molecular weight excluding hydrogens is 260 g/mol. The minimum atomic E-state index is 0.743. The highest BCUT2D eigenvalue weighted by atomic mass is 16.5. The molecule has 0 aliphatic rings. The molecule has 1 aromatic heterocycles. The summed E-state index contributed by atoms with van der Waals surface area (Å²) >= 11 is 0. The molecule has 3 rings (SSSR count). The molecule has 3 heteroatoms. The molecule has 0 bridgehead atoms. The second-order valence-corrected chi connectivity index (χ2v) is 4.86. The molecule has 1 heterocycles. The van der Waals surface area contributed by atoms with E-state index in [2.05, 4.69) is 16.0 Å². The third-order valence-electron chi connectivity index (χ3n) is 3.35. The average Bonchev–Trinajstić information content (AvgIpc) is 2.56. The number of nitrogens with zero attached hydrogens (tertiary/aromatic N) is 2. The van der Waals surface area contributed by atoms with Crippen LogP contribution in [0.1, 0.15) is 5.56 Å². The van der Waals surface area contributed by atoms with Crippen LogP contribution in [0.5, 0.6) is 5.75 Å². The first kappa shape index (κ1) is 13.3. The molecule has 3 aromatic rings. The molecule has 0 aliphatic carbocycles. The first-order valence-corrected chi connectivity index (χ1v) is 6.80. The van der Waals surface area contributed by atoms with E-state index in [4.69, 9.17) is 4.74 Å². The summed E-state index contributed by atoms with van der Waals surface area (Å²) in [6, 6.07) is 16.2. The van der Waals surface area contributed by atoms with Gasteiger partial charge < -0.3 is 4.74 Å². The number of benzene rings is 2. The van der Waals surface area contributed by atoms with Crippen LogP contribution < -0.4 is 4.74 Å². The Bertz CT molecular complexity index is 734. The highest BCUT2D eigenvalue weighted by molar-refractivity contribution is 5.80. The van der Waals surface area contributed by atoms with Gasteiger partial charge in [-0.25, -0.2) is 9.97 Å². The van der Waals surface area contributed by atoms with E-state index in [0.29, 0.717) is 0 Å². The summed E-state index contributed by atoms with van der Waals surface area (Å²) in [6.07, 6.45) is 3.68. The summed E-state index contributed by atoms with van der Waals surface area (Å²) in [5, 5.41) is 0. The molecule has 0 unspecified atom stereocenters. The average molecular weight is 276 g/mol. The van der Waals surface area contributed by atoms with Gasteiger partial charge in [0, 0.05) is 18.0 Å². The first-order chi connectivity index (χ1) is 10.3. The van der Waals surface area contributed by atoms with Crippen molar-refractivity contribution in [2.45, 2.75) is 6.92 Å². The number of rotatable bonds is 3. The fourth-order valence-electron chi connectivity index (χ4n) is 2.23. The van der Waals surface area contributed by atoms with Crippen molar-refractivity contribution < 1.29 is 4.74 Å². The van der Waals surface area contributed by atoms with Crippen molar-refractivity contribution in [2.75, 3.05) is 7.11 Å². The van der Waals surface area contributed by atoms with Gasteiger partial charge in [-0.3, -0.25) is 0 Å². The van der Waals surface area contributed by atoms with Crippen LogP contribution in [0.2, 0.25) is 0 Å². The second-order valence-electron chi connectivity index (χ2n) is 4.86. The minimum Gasteiger partial charge on any atom is -0.497 e. The van der Waals surface area contributed by atoms with E-state index >= 15 is 0 Å². The lowest BCUT2D eigenvalue weighted by atomic mass is 9.99. The van der Waals surface area contributed by atoms with Crippen LogP contribution in [0.4, 0.5) is 0 Å². The van der Waals surface area contributed by atoms with Crippen molar-refractivity contribution in [2.24, 2.45) is 0 Å². The van der Waals surface area contributed by atoms with E-state index in [9.17, 15) is 0 Å². The van der Waals surface area contributed by atoms with Crippen molar-refractivity contribution >= 4 is 0 Å². The number of hydrogen-bond donors (Lipinski definition) is 0. The monoisotopic (exact) mass is 276 g/mol. The van der Waals surface area contributed by atoms with Crippen LogP contribution >= 0.6 is 0 Å². The Morgan fingerprint density at radius 3 is 2.05 bits per heavy atom. The van der Waals surface area contributed by atoms with Gasteiger partial charge in [-0.05, 0) is 35.7 Å². The standard InChI is InChI=1S/C18H16N2O/c1-13-11-19-18(20-12-13)17-6-4-3-5-16(17)14-7-9-15(21-2)10-8-14/h3-12H,1-2H3. The molecule has 0 aliphatic heterocycles. The molecule has 0 spiro atoms. The molecule has 0 atom stereocenters. The molecule has 104 valence electrons. The predicted octanol–water partition coefficient (Wildman–Crippen LogP) is 4.13. The number of aromatic nitrogens is 2. The maximum Gasteiger partial charge on any atom is 0.159 e. The summed E-state index contributed by atoms with van der Waals surface area (Å²) in [4.78, 5) is 8.87. The minimum absolute atomic E-state index is 0.743. The van der Waals surface area contributed by atoms with Crippen molar-refractivity contribution in [3.63, 3.8) is 0 Å². The van der Waals surface area contributed by atoms with Gasteiger partial charge >= 0.3 is 0 Å². The topological polar surface area (TPSA) is 35.0 Å². The Hall–Kier alpha value is -2.68. The van der Waals surface area contributed by atoms with Gasteiger partial charge in [-0.2, -0.15) is 0 Å². The van der Waals surface area contributed by atoms with Crippen LogP contribution in [0.15, 0.2) is 60.9 Å². The second kappa shape index (κ2) is 5.75. The lowest BCUT2D eigenvalue weighted by Crippen LogP contribution is -1.92. The highest BCUT2D eigenvalue weighted by Gasteiger charge is 2.09. The van der Waals surface area contributed by atoms with Gasteiger partial charge in [0.05, 0.1) is 7.11 Å². The highest BCUT2D eigenvalue weighted by Crippen LogP contribution is 2.30. The molecule has 21 heavy (non-hydrogen) atoms. The van der Waals surface area contributed by atoms with Crippen LogP contribution in [0.25, 0.3) is 22.5 Å². The Labute approximate surface area is 124 Å². The van der Waals surface area contributed by atoms with Crippen molar-refractivity contribution in [3.05, 3.63) is 66.5 Å². The molecule has 3 nitrogen and oxygen atoms in total. The van der Waals surface area contributed by atoms with Gasteiger partial charge in [0.1, 0.15) is 5.75 Å². The van der Waals surface area contributed by atoms with E-state index in [-0.39, 0.29) is 0 Å². The Morgan fingerprint density at radius 2 is 1.43 bits per heavy atom. The summed E-state index contributed by atoms with van der Waals surface area (Å²) < 4.78 is 5.21. The first-order valence-electron chi connectivity index (χ1n) is 6.80. The van der Waals surface area contributed by atoms with Gasteiger partial charge in [-0.1, -0.05) is 36.4 Å². The van der Waals surface area contributed by atoms with E-state index in [1.807, 2.05) is 61.8 Å². The normalized spacial score (nSPS) is 10.4. The Balaban J connectivity index is 2.08. The maximum atomic E-state index is 5.21. The zero-order chi connectivity index (χ0) is 14.7. The molecular formula is C18H16N2O. The van der Waals surface area contributed by atoms with Gasteiger partial charge in [-0.15, -0.1) is 0 Å². The summed E-state index contributed by atoms with van der Waals surface area (Å²) in [7, 11) is 1.67. The van der Waals surface area contributed by atoms with Gasteiger partial charge in [0.25, 0.3) is 0 Å². The molecule has 0 radical (unpaired) electrons. The van der Waals surface area contributed by atoms with Gasteiger partial charge in [0.15, 0.2) is 5.82 Å². The molecule has 2 aromatic carbocycles. The molecule has 0 saturated carbocycles. The number of aryl methyl sites for hydroxylation is 1. The Morgan fingerprint density at radius 1 is 0.810 bits per heavy atom. The molecule has 0 amide bonds. The van der Waals surface area contributed by atoms with Crippen LogP contribution in [-0.2, 0) is 0 Å². The summed E-state index contributed by atoms with van der Waals surface area (Å²) in [5.41, 5.74) is 4.32. The summed E-state index contributed by atoms with van der Waals surface area (Å²) in [5.74, 6) is 1.59. The third-order valence-corrected chi connectivity index (χ3v) is 3.35.